The number of para-hydroxylation sites is 1. The summed E-state index contributed by atoms with van der Waals surface area (Å²) in [5.41, 5.74) is 0.717. The van der Waals surface area contributed by atoms with Gasteiger partial charge in [-0.15, -0.1) is 15.7 Å². The number of carbonyl (C=O) groups excluding carboxylic acids is 1. The predicted octanol–water partition coefficient (Wildman–Crippen LogP) is 5.27. The van der Waals surface area contributed by atoms with E-state index in [1.807, 2.05) is 0 Å². The summed E-state index contributed by atoms with van der Waals surface area (Å²) in [5.74, 6) is -0.0801. The number of hydrogen-bond donors (Lipinski definition) is 3. The van der Waals surface area contributed by atoms with Gasteiger partial charge in [0, 0.05) is 27.2 Å². The Morgan fingerprint density at radius 2 is 2.00 bits per heavy atom. The molecule has 8 nitrogen and oxygen atoms in total. The first-order chi connectivity index (χ1) is 16.1. The Hall–Kier alpha value is -2.69. The van der Waals surface area contributed by atoms with Crippen molar-refractivity contribution in [2.75, 3.05) is 18.4 Å². The van der Waals surface area contributed by atoms with Crippen molar-refractivity contribution >= 4 is 39.9 Å². The fourth-order valence-corrected chi connectivity index (χ4v) is 5.90. The first kappa shape index (κ1) is 24.4. The molecule has 34 heavy (non-hydrogen) atoms. The molecule has 1 saturated heterocycles. The molecule has 4 rings (SSSR count). The van der Waals surface area contributed by atoms with Gasteiger partial charge >= 0.3 is 0 Å². The van der Waals surface area contributed by atoms with E-state index in [1.165, 1.54) is 4.88 Å². The van der Waals surface area contributed by atoms with Crippen molar-refractivity contribution in [1.29, 1.82) is 0 Å². The van der Waals surface area contributed by atoms with E-state index < -0.39 is 11.1 Å². The number of phenols is 1. The number of thiophene rings is 1. The molecule has 3 heterocycles. The topological polar surface area (TPSA) is 117 Å². The summed E-state index contributed by atoms with van der Waals surface area (Å²) in [5, 5.41) is 13.9. The predicted molar refractivity (Wildman–Crippen MR) is 135 cm³/mol. The van der Waals surface area contributed by atoms with Crippen LogP contribution in [0.4, 0.5) is 11.5 Å². The van der Waals surface area contributed by atoms with Crippen LogP contribution < -0.4 is 10.8 Å². The Kier molecular flexibility index (Phi) is 7.11. The number of H-pyrrole nitrogens is 1. The third kappa shape index (κ3) is 5.34. The third-order valence-electron chi connectivity index (χ3n) is 5.85. The van der Waals surface area contributed by atoms with Crippen molar-refractivity contribution in [2.45, 2.75) is 53.0 Å². The molecule has 3 aromatic rings. The molecule has 1 amide bonds. The van der Waals surface area contributed by atoms with Crippen molar-refractivity contribution < 1.29 is 14.5 Å². The number of amides is 1. The van der Waals surface area contributed by atoms with E-state index in [0.717, 1.165) is 24.1 Å². The van der Waals surface area contributed by atoms with E-state index in [9.17, 15) is 14.5 Å². The summed E-state index contributed by atoms with van der Waals surface area (Å²) in [6.07, 6.45) is 3.05. The number of aromatic amines is 1. The quantitative estimate of drug-likeness (QED) is 0.325. The normalized spacial score (nSPS) is 16.6. The molecule has 1 fully saturated rings. The number of aromatic nitrogens is 2. The molecular weight excluding hydrogens is 470 g/mol. The monoisotopic (exact) mass is 501 g/mol. The minimum atomic E-state index is -1.68. The highest BCUT2D eigenvalue weighted by Crippen LogP contribution is 2.39. The van der Waals surface area contributed by atoms with Gasteiger partial charge < -0.3 is 19.9 Å². The van der Waals surface area contributed by atoms with Crippen LogP contribution in [0.5, 0.6) is 5.75 Å². The average Bonchev–Trinajstić information content (AvgIpc) is 3.37. The van der Waals surface area contributed by atoms with Crippen molar-refractivity contribution in [3.05, 3.63) is 51.1 Å². The summed E-state index contributed by atoms with van der Waals surface area (Å²) in [7, 11) is 0. The van der Waals surface area contributed by atoms with Gasteiger partial charge in [-0.3, -0.25) is 9.79 Å². The van der Waals surface area contributed by atoms with Gasteiger partial charge in [-0.25, -0.2) is 0 Å². The van der Waals surface area contributed by atoms with Gasteiger partial charge in [0.15, 0.2) is 16.9 Å². The highest BCUT2D eigenvalue weighted by molar-refractivity contribution is 7.14. The van der Waals surface area contributed by atoms with E-state index in [0.29, 0.717) is 24.3 Å². The molecule has 1 aliphatic heterocycles. The van der Waals surface area contributed by atoms with Gasteiger partial charge in [-0.1, -0.05) is 26.8 Å². The van der Waals surface area contributed by atoms with Gasteiger partial charge in [0.25, 0.3) is 5.91 Å². The van der Waals surface area contributed by atoms with Gasteiger partial charge in [0.1, 0.15) is 0 Å². The molecule has 0 aliphatic carbocycles. The second-order valence-electron chi connectivity index (χ2n) is 9.67. The number of carbonyl (C=O) groups is 1. The first-order valence-electron chi connectivity index (χ1n) is 11.4. The van der Waals surface area contributed by atoms with Crippen LogP contribution in [0.2, 0.25) is 0 Å². The molecule has 0 spiro atoms. The van der Waals surface area contributed by atoms with Crippen molar-refractivity contribution in [3.63, 3.8) is 0 Å². The van der Waals surface area contributed by atoms with E-state index in [1.54, 1.807) is 34.4 Å². The third-order valence-corrected chi connectivity index (χ3v) is 7.62. The number of hydrogen-bond acceptors (Lipinski definition) is 7. The molecule has 0 radical (unpaired) electrons. The fourth-order valence-electron chi connectivity index (χ4n) is 4.07. The molecule has 2 atom stereocenters. The molecule has 0 bridgehead atoms. The minimum absolute atomic E-state index is 0.154. The molecule has 1 aromatic carbocycles. The molecule has 10 heteroatoms. The Bertz CT molecular complexity index is 1230. The van der Waals surface area contributed by atoms with E-state index in [4.69, 9.17) is 4.99 Å². The molecule has 182 valence electrons. The lowest BCUT2D eigenvalue weighted by molar-refractivity contribution is 0.0721. The SMILES string of the molecule is Cc1ccc([C@H](N=c2[nH][s+]([O-])nc2Nc2cccc(C(=O)N3CCCCC3)c2O)C(C)(C)C)s1. The van der Waals surface area contributed by atoms with Crippen LogP contribution in [0.1, 0.15) is 66.2 Å². The maximum absolute atomic E-state index is 13.0. The van der Waals surface area contributed by atoms with Crippen molar-refractivity contribution in [3.8, 4) is 5.75 Å². The molecular formula is C24H31N5O3S2. The fraction of sp³-hybridized carbons (Fsp3) is 0.458. The summed E-state index contributed by atoms with van der Waals surface area (Å²) >= 11 is -0.00432. The maximum Gasteiger partial charge on any atom is 0.257 e. The maximum atomic E-state index is 13.0. The number of anilines is 2. The minimum Gasteiger partial charge on any atom is -0.548 e. The largest absolute Gasteiger partial charge is 0.548 e. The van der Waals surface area contributed by atoms with Crippen LogP contribution in [-0.2, 0) is 0 Å². The summed E-state index contributed by atoms with van der Waals surface area (Å²) in [6.45, 7) is 9.76. The summed E-state index contributed by atoms with van der Waals surface area (Å²) in [6, 6.07) is 8.94. The van der Waals surface area contributed by atoms with E-state index in [-0.39, 0.29) is 34.5 Å². The van der Waals surface area contributed by atoms with Crippen LogP contribution in [0, 0.1) is 12.3 Å². The van der Waals surface area contributed by atoms with Gasteiger partial charge in [0.2, 0.25) is 11.3 Å². The van der Waals surface area contributed by atoms with Gasteiger partial charge in [0.05, 0.1) is 17.3 Å². The Labute approximate surface area is 206 Å². The number of benzene rings is 1. The highest BCUT2D eigenvalue weighted by Gasteiger charge is 2.28. The van der Waals surface area contributed by atoms with Gasteiger partial charge in [-0.2, -0.15) is 0 Å². The number of aryl methyl sites for hydroxylation is 1. The van der Waals surface area contributed by atoms with Gasteiger partial charge in [-0.05, 0) is 55.9 Å². The number of rotatable bonds is 5. The Morgan fingerprint density at radius 3 is 2.65 bits per heavy atom. The number of likely N-dealkylation sites (tertiary alicyclic amines) is 1. The number of phenolic OH excluding ortho intramolecular Hbond substituents is 1. The van der Waals surface area contributed by atoms with Crippen LogP contribution in [0.25, 0.3) is 0 Å². The highest BCUT2D eigenvalue weighted by atomic mass is 32.2. The zero-order valence-corrected chi connectivity index (χ0v) is 21.6. The molecule has 0 saturated carbocycles. The Morgan fingerprint density at radius 1 is 1.26 bits per heavy atom. The second-order valence-corrected chi connectivity index (χ2v) is 11.9. The molecule has 3 N–H and O–H groups in total. The zero-order chi connectivity index (χ0) is 24.5. The number of aromatic hydroxyl groups is 1. The van der Waals surface area contributed by atoms with E-state index in [2.05, 4.69) is 53.9 Å². The van der Waals surface area contributed by atoms with Crippen LogP contribution in [-0.4, -0.2) is 42.3 Å². The lowest BCUT2D eigenvalue weighted by Gasteiger charge is -2.27. The summed E-state index contributed by atoms with van der Waals surface area (Å²) < 4.78 is 19.2. The number of nitrogens with zero attached hydrogens (tertiary/aromatic N) is 3. The van der Waals surface area contributed by atoms with Crippen LogP contribution in [0.15, 0.2) is 35.3 Å². The first-order valence-corrected chi connectivity index (χ1v) is 13.4. The number of piperidine rings is 1. The molecule has 2 aromatic heterocycles. The number of nitrogens with one attached hydrogen (secondary N) is 2. The van der Waals surface area contributed by atoms with Crippen LogP contribution >= 0.6 is 22.5 Å². The molecule has 1 aliphatic rings. The average molecular weight is 502 g/mol. The zero-order valence-electron chi connectivity index (χ0n) is 19.9. The lowest BCUT2D eigenvalue weighted by Crippen LogP contribution is -2.35. The lowest BCUT2D eigenvalue weighted by atomic mass is 9.86. The summed E-state index contributed by atoms with van der Waals surface area (Å²) in [4.78, 5) is 21.9. The van der Waals surface area contributed by atoms with Crippen molar-refractivity contribution in [2.24, 2.45) is 10.4 Å². The van der Waals surface area contributed by atoms with Crippen molar-refractivity contribution in [1.82, 2.24) is 13.6 Å². The second kappa shape index (κ2) is 9.89. The smallest absolute Gasteiger partial charge is 0.257 e. The van der Waals surface area contributed by atoms with E-state index >= 15 is 0 Å². The molecule has 1 unspecified atom stereocenters. The van der Waals surface area contributed by atoms with Crippen LogP contribution in [0.3, 0.4) is 0 Å². The standard InChI is InChI=1S/C24H31N5O3S2/c1-15-11-12-18(33-15)20(24(2,3)4)26-22-21(27-34(32)28-22)25-17-10-8-9-16(19(17)30)23(31)29-13-6-5-7-14-29/h8-12,20,30H,5-7,13-14H2,1-4H3,(H,25,27)(H,26,28)/t20-,34?/m0/s1. The Balaban J connectivity index is 1.68.